The molecule has 1 heterocycles. The smallest absolute Gasteiger partial charge is 0.306 e. The van der Waals surface area contributed by atoms with Crippen molar-refractivity contribution in [3.8, 4) is 0 Å². The van der Waals surface area contributed by atoms with E-state index in [1.165, 1.54) is 44.9 Å². The number of aliphatic hydroxyl groups is 3. The molecule has 0 aromatic rings. The maximum absolute atomic E-state index is 12.5. The molecule has 0 aliphatic carbocycles. The maximum atomic E-state index is 12.5. The minimum atomic E-state index is -4.58. The van der Waals surface area contributed by atoms with Crippen molar-refractivity contribution in [3.63, 3.8) is 0 Å². The van der Waals surface area contributed by atoms with Crippen LogP contribution in [0.25, 0.3) is 0 Å². The van der Waals surface area contributed by atoms with Crippen LogP contribution < -0.4 is 0 Å². The fourth-order valence-electron chi connectivity index (χ4n) is 4.85. The van der Waals surface area contributed by atoms with Crippen LogP contribution in [0.15, 0.2) is 0 Å². The predicted octanol–water partition coefficient (Wildman–Crippen LogP) is 3.82. The van der Waals surface area contributed by atoms with E-state index in [2.05, 4.69) is 13.8 Å². The molecule has 254 valence electrons. The first-order chi connectivity index (χ1) is 20.5. The number of rotatable bonds is 25. The average molecular weight is 641 g/mol. The summed E-state index contributed by atoms with van der Waals surface area (Å²) in [6, 6.07) is 0. The van der Waals surface area contributed by atoms with Crippen LogP contribution in [-0.2, 0) is 38.7 Å². The quantitative estimate of drug-likeness (QED) is 0.0643. The monoisotopic (exact) mass is 640 g/mol. The van der Waals surface area contributed by atoms with E-state index >= 15 is 0 Å². The zero-order valence-corrected chi connectivity index (χ0v) is 26.9. The van der Waals surface area contributed by atoms with Gasteiger partial charge in [0.1, 0.15) is 36.8 Å². The molecule has 1 fully saturated rings. The van der Waals surface area contributed by atoms with Gasteiger partial charge >= 0.3 is 11.9 Å². The van der Waals surface area contributed by atoms with Gasteiger partial charge in [-0.05, 0) is 12.8 Å². The molecule has 0 spiro atoms. The molecule has 0 bridgehead atoms. The van der Waals surface area contributed by atoms with Gasteiger partial charge in [0.25, 0.3) is 10.1 Å². The van der Waals surface area contributed by atoms with Gasteiger partial charge in [0.05, 0.1) is 6.61 Å². The Kier molecular flexibility index (Phi) is 21.3. The summed E-state index contributed by atoms with van der Waals surface area (Å²) < 4.78 is 53.3. The van der Waals surface area contributed by atoms with Gasteiger partial charge in [-0.1, -0.05) is 97.3 Å². The van der Waals surface area contributed by atoms with Crippen LogP contribution in [0.1, 0.15) is 123 Å². The second-order valence-corrected chi connectivity index (χ2v) is 13.0. The third-order valence-corrected chi connectivity index (χ3v) is 8.19. The summed E-state index contributed by atoms with van der Waals surface area (Å²) in [4.78, 5) is 24.9. The van der Waals surface area contributed by atoms with Crippen molar-refractivity contribution in [2.24, 2.45) is 0 Å². The Bertz CT molecular complexity index is 852. The Hall–Kier alpha value is -1.35. The number of aliphatic hydroxyl groups excluding tert-OH is 3. The van der Waals surface area contributed by atoms with Gasteiger partial charge in [-0.3, -0.25) is 14.1 Å². The Morgan fingerprint density at radius 3 is 1.70 bits per heavy atom. The minimum Gasteiger partial charge on any atom is -0.462 e. The fraction of sp³-hybridized carbons (Fsp3) is 0.933. The van der Waals surface area contributed by atoms with E-state index in [0.717, 1.165) is 38.5 Å². The molecule has 1 saturated heterocycles. The topological polar surface area (TPSA) is 186 Å². The average Bonchev–Trinajstić information content (AvgIpc) is 2.95. The molecule has 2 unspecified atom stereocenters. The van der Waals surface area contributed by atoms with Crippen molar-refractivity contribution >= 4 is 22.1 Å². The van der Waals surface area contributed by atoms with Crippen molar-refractivity contribution in [3.05, 3.63) is 0 Å². The van der Waals surface area contributed by atoms with Crippen molar-refractivity contribution in [1.82, 2.24) is 0 Å². The van der Waals surface area contributed by atoms with E-state index in [-0.39, 0.29) is 19.4 Å². The van der Waals surface area contributed by atoms with Crippen LogP contribution in [0.4, 0.5) is 0 Å². The molecular formula is C30H56O12S. The molecular weight excluding hydrogens is 584 g/mol. The summed E-state index contributed by atoms with van der Waals surface area (Å²) in [5, 5.41) is 30.5. The number of carbonyl (C=O) groups is 2. The van der Waals surface area contributed by atoms with E-state index in [9.17, 15) is 33.3 Å². The summed E-state index contributed by atoms with van der Waals surface area (Å²) in [7, 11) is -4.58. The van der Waals surface area contributed by atoms with Gasteiger partial charge in [0.2, 0.25) is 0 Å². The molecule has 43 heavy (non-hydrogen) atoms. The number of unbranched alkanes of at least 4 members (excludes halogenated alkanes) is 13. The second kappa shape index (κ2) is 23.1. The first-order valence-corrected chi connectivity index (χ1v) is 17.7. The maximum Gasteiger partial charge on any atom is 0.306 e. The second-order valence-electron chi connectivity index (χ2n) is 11.5. The Balaban J connectivity index is 2.63. The van der Waals surface area contributed by atoms with Crippen LogP contribution in [0.2, 0.25) is 0 Å². The van der Waals surface area contributed by atoms with E-state index in [1.54, 1.807) is 0 Å². The molecule has 12 nitrogen and oxygen atoms in total. The van der Waals surface area contributed by atoms with Gasteiger partial charge in [-0.2, -0.15) is 8.42 Å². The van der Waals surface area contributed by atoms with E-state index in [0.29, 0.717) is 12.8 Å². The van der Waals surface area contributed by atoms with Crippen LogP contribution in [-0.4, -0.2) is 96.0 Å². The molecule has 6 atom stereocenters. The minimum absolute atomic E-state index is 0.168. The lowest BCUT2D eigenvalue weighted by Crippen LogP contribution is -2.60. The lowest BCUT2D eigenvalue weighted by molar-refractivity contribution is -0.297. The molecule has 13 heteroatoms. The molecule has 0 amide bonds. The molecule has 4 N–H and O–H groups in total. The molecule has 1 aliphatic rings. The summed E-state index contributed by atoms with van der Waals surface area (Å²) in [5.74, 6) is -1.99. The first-order valence-electron chi connectivity index (χ1n) is 16.1. The Morgan fingerprint density at radius 1 is 0.698 bits per heavy atom. The van der Waals surface area contributed by atoms with Crippen LogP contribution in [0.3, 0.4) is 0 Å². The summed E-state index contributed by atoms with van der Waals surface area (Å²) in [6.07, 6.45) is 6.53. The molecule has 0 radical (unpaired) electrons. The van der Waals surface area contributed by atoms with E-state index in [1.807, 2.05) is 0 Å². The number of carbonyl (C=O) groups excluding carboxylic acids is 2. The van der Waals surface area contributed by atoms with Gasteiger partial charge in [0.15, 0.2) is 12.4 Å². The van der Waals surface area contributed by atoms with Crippen LogP contribution in [0, 0.1) is 0 Å². The Labute approximate surface area is 257 Å². The van der Waals surface area contributed by atoms with Crippen LogP contribution in [0.5, 0.6) is 0 Å². The summed E-state index contributed by atoms with van der Waals surface area (Å²) >= 11 is 0. The summed E-state index contributed by atoms with van der Waals surface area (Å²) in [5.41, 5.74) is 0. The SMILES string of the molecule is CCCCCCCCCCC(=O)O[C@H](COC(=O)CCCCCCCCC)CO[C@H]1O[C@H](CS(=O)(=O)O)[C@@H](O)C(O)C1O. The number of ether oxygens (including phenoxy) is 4. The zero-order chi connectivity index (χ0) is 32.1. The molecule has 0 aromatic carbocycles. The number of hydrogen-bond acceptors (Lipinski definition) is 11. The highest BCUT2D eigenvalue weighted by Crippen LogP contribution is 2.23. The summed E-state index contributed by atoms with van der Waals surface area (Å²) in [6.45, 7) is 3.61. The van der Waals surface area contributed by atoms with Crippen molar-refractivity contribution in [1.29, 1.82) is 0 Å². The lowest BCUT2D eigenvalue weighted by atomic mass is 10.00. The normalized spacial score (nSPS) is 23.2. The molecule has 0 saturated carbocycles. The van der Waals surface area contributed by atoms with Gasteiger partial charge in [-0.15, -0.1) is 0 Å². The van der Waals surface area contributed by atoms with Crippen molar-refractivity contribution in [2.45, 2.75) is 160 Å². The highest BCUT2D eigenvalue weighted by molar-refractivity contribution is 7.85. The fourth-order valence-corrected chi connectivity index (χ4v) is 5.54. The molecule has 1 rings (SSSR count). The van der Waals surface area contributed by atoms with E-state index < -0.39 is 71.2 Å². The predicted molar refractivity (Wildman–Crippen MR) is 160 cm³/mol. The van der Waals surface area contributed by atoms with Crippen molar-refractivity contribution < 1.29 is 56.8 Å². The third kappa shape index (κ3) is 18.9. The largest absolute Gasteiger partial charge is 0.462 e. The zero-order valence-electron chi connectivity index (χ0n) is 26.1. The molecule has 0 aromatic heterocycles. The Morgan fingerprint density at radius 2 is 1.19 bits per heavy atom. The number of hydrogen-bond donors (Lipinski definition) is 4. The number of esters is 2. The van der Waals surface area contributed by atoms with Gasteiger partial charge < -0.3 is 34.3 Å². The highest BCUT2D eigenvalue weighted by Gasteiger charge is 2.46. The van der Waals surface area contributed by atoms with E-state index in [4.69, 9.17) is 23.5 Å². The molecule has 1 aliphatic heterocycles. The van der Waals surface area contributed by atoms with Crippen molar-refractivity contribution in [2.75, 3.05) is 19.0 Å². The van der Waals surface area contributed by atoms with Gasteiger partial charge in [-0.25, -0.2) is 0 Å². The first kappa shape index (κ1) is 39.7. The van der Waals surface area contributed by atoms with Crippen LogP contribution >= 0.6 is 0 Å². The lowest BCUT2D eigenvalue weighted by Gasteiger charge is -2.40. The van der Waals surface area contributed by atoms with Gasteiger partial charge in [0, 0.05) is 12.8 Å². The third-order valence-electron chi connectivity index (χ3n) is 7.44. The standard InChI is InChI=1S/C30H56O12S/c1-3-5-7-9-11-13-15-17-19-26(32)41-23(20-39-25(31)18-16-14-12-10-8-6-4-2)21-40-30-29(35)28(34)27(33)24(42-30)22-43(36,37)38/h23-24,27-30,33-35H,3-22H2,1-2H3,(H,36,37,38)/t23-,24-,27-,28?,29?,30+/m1/s1. The highest BCUT2D eigenvalue weighted by atomic mass is 32.2.